The van der Waals surface area contributed by atoms with Crippen molar-refractivity contribution in [2.75, 3.05) is 18.5 Å². The van der Waals surface area contributed by atoms with Crippen LogP contribution in [0.15, 0.2) is 54.6 Å². The first-order valence-electron chi connectivity index (χ1n) is 11.6. The van der Waals surface area contributed by atoms with Crippen LogP contribution in [0.25, 0.3) is 0 Å². The third kappa shape index (κ3) is 7.24. The molecule has 1 unspecified atom stereocenters. The maximum Gasteiger partial charge on any atom is 0.370 e. The predicted molar refractivity (Wildman–Crippen MR) is 133 cm³/mol. The third-order valence-electron chi connectivity index (χ3n) is 5.96. The third-order valence-corrected chi connectivity index (χ3v) is 10.5. The average Bonchev–Trinajstić information content (AvgIpc) is 2.79. The Balaban J connectivity index is 2.43. The fraction of sp³-hybridized carbons (Fsp3) is 0.520. The molecule has 2 aromatic rings. The van der Waals surface area contributed by atoms with Crippen LogP contribution in [0.1, 0.15) is 76.2 Å². The molecule has 0 bridgehead atoms. The number of unbranched alkanes of at least 4 members (excludes halogenated alkanes) is 3. The van der Waals surface area contributed by atoms with Gasteiger partial charge in [0.25, 0.3) is 5.69 Å². The predicted octanol–water partition coefficient (Wildman–Crippen LogP) is 7.72. The maximum atomic E-state index is 11.1. The standard InChI is InChI=1S/C25H37BNO2P/c1-4-7-19-30(20-8-5-2,21-9-6-3)26-25(22-13-11-10-12-14-22)23-15-17-24(18-16-23)27(28)29/h10-18,25H,4-9,19-21H2,1-3H3/q+1. The molecular weight excluding hydrogens is 388 g/mol. The van der Waals surface area contributed by atoms with Crippen LogP contribution in [0, 0.1) is 10.1 Å². The minimum atomic E-state index is -1.22. The monoisotopic (exact) mass is 425 g/mol. The Labute approximate surface area is 184 Å². The van der Waals surface area contributed by atoms with Crippen LogP contribution in [0.3, 0.4) is 0 Å². The summed E-state index contributed by atoms with van der Waals surface area (Å²) in [5.74, 6) is 0.200. The Morgan fingerprint density at radius 2 is 1.27 bits per heavy atom. The van der Waals surface area contributed by atoms with Gasteiger partial charge in [-0.1, -0.05) is 82.5 Å². The Morgan fingerprint density at radius 1 is 0.800 bits per heavy atom. The SMILES string of the molecule is CCCC[P+]([B]C(c1ccccc1)c1ccc([N+](=O)[O-])cc1)(CCCC)CCCC. The molecular formula is C25H37BNO2P+. The minimum absolute atomic E-state index is 0.162. The van der Waals surface area contributed by atoms with E-state index in [1.54, 1.807) is 12.1 Å². The topological polar surface area (TPSA) is 43.1 Å². The molecule has 0 aromatic heterocycles. The lowest BCUT2D eigenvalue weighted by atomic mass is 9.74. The highest BCUT2D eigenvalue weighted by molar-refractivity contribution is 8.00. The van der Waals surface area contributed by atoms with Gasteiger partial charge in [-0.3, -0.25) is 10.1 Å². The number of nitro groups is 1. The molecule has 0 saturated carbocycles. The molecule has 2 aromatic carbocycles. The van der Waals surface area contributed by atoms with Crippen molar-refractivity contribution in [1.29, 1.82) is 0 Å². The van der Waals surface area contributed by atoms with Gasteiger partial charge in [0.15, 0.2) is 0 Å². The summed E-state index contributed by atoms with van der Waals surface area (Å²) in [4.78, 5) is 10.8. The van der Waals surface area contributed by atoms with E-state index in [1.807, 2.05) is 12.1 Å². The molecule has 5 heteroatoms. The lowest BCUT2D eigenvalue weighted by molar-refractivity contribution is -0.384. The molecule has 2 rings (SSSR count). The summed E-state index contributed by atoms with van der Waals surface area (Å²) < 4.78 is 0. The molecule has 0 aliphatic heterocycles. The van der Waals surface area contributed by atoms with Gasteiger partial charge in [-0.25, -0.2) is 0 Å². The summed E-state index contributed by atoms with van der Waals surface area (Å²) in [6.07, 6.45) is 11.6. The molecule has 0 aliphatic carbocycles. The fourth-order valence-electron chi connectivity index (χ4n) is 4.12. The molecule has 0 fully saturated rings. The van der Waals surface area contributed by atoms with Crippen molar-refractivity contribution in [1.82, 2.24) is 0 Å². The van der Waals surface area contributed by atoms with E-state index in [4.69, 9.17) is 0 Å². The fourth-order valence-corrected chi connectivity index (χ4v) is 9.06. The van der Waals surface area contributed by atoms with E-state index < -0.39 is 7.14 Å². The highest BCUT2D eigenvalue weighted by atomic mass is 31.2. The van der Waals surface area contributed by atoms with Crippen molar-refractivity contribution in [3.63, 3.8) is 0 Å². The van der Waals surface area contributed by atoms with Gasteiger partial charge < -0.3 is 0 Å². The Bertz CT molecular complexity index is 730. The smallest absolute Gasteiger partial charge is 0.258 e. The second-order valence-corrected chi connectivity index (χ2v) is 12.4. The Hall–Kier alpha value is -1.67. The van der Waals surface area contributed by atoms with E-state index in [0.717, 1.165) is 0 Å². The van der Waals surface area contributed by atoms with Crippen molar-refractivity contribution in [3.05, 3.63) is 75.8 Å². The quantitative estimate of drug-likeness (QED) is 0.135. The summed E-state index contributed by atoms with van der Waals surface area (Å²) in [6, 6.07) is 17.9. The zero-order chi connectivity index (χ0) is 21.8. The van der Waals surface area contributed by atoms with Crippen molar-refractivity contribution in [2.45, 2.75) is 65.1 Å². The van der Waals surface area contributed by atoms with E-state index in [0.29, 0.717) is 0 Å². The summed E-state index contributed by atoms with van der Waals surface area (Å²) in [6.45, 7) is 9.59. The Morgan fingerprint density at radius 3 is 1.70 bits per heavy atom. The number of nitro benzene ring substituents is 1. The minimum Gasteiger partial charge on any atom is -0.258 e. The molecule has 0 heterocycles. The average molecular weight is 425 g/mol. The zero-order valence-corrected chi connectivity index (χ0v) is 19.8. The number of rotatable bonds is 14. The molecule has 1 radical (unpaired) electrons. The molecule has 1 atom stereocenters. The normalized spacial score (nSPS) is 12.5. The molecule has 161 valence electrons. The lowest BCUT2D eigenvalue weighted by Crippen LogP contribution is -2.21. The van der Waals surface area contributed by atoms with E-state index in [-0.39, 0.29) is 16.4 Å². The van der Waals surface area contributed by atoms with Crippen LogP contribution < -0.4 is 0 Å². The van der Waals surface area contributed by atoms with E-state index in [9.17, 15) is 10.1 Å². The maximum absolute atomic E-state index is 11.1. The Kier molecular flexibility index (Phi) is 10.6. The first-order valence-corrected chi connectivity index (χ1v) is 14.0. The van der Waals surface area contributed by atoms with Crippen LogP contribution in [0.4, 0.5) is 5.69 Å². The van der Waals surface area contributed by atoms with Crippen molar-refractivity contribution in [2.24, 2.45) is 0 Å². The van der Waals surface area contributed by atoms with E-state index in [1.165, 1.54) is 68.1 Å². The second-order valence-electron chi connectivity index (χ2n) is 8.34. The molecule has 0 spiro atoms. The number of benzene rings is 2. The van der Waals surface area contributed by atoms with Gasteiger partial charge in [0, 0.05) is 36.4 Å². The molecule has 0 N–H and O–H groups in total. The number of hydrogen-bond donors (Lipinski definition) is 0. The van der Waals surface area contributed by atoms with Gasteiger partial charge in [0.2, 0.25) is 0 Å². The second kappa shape index (κ2) is 12.9. The summed E-state index contributed by atoms with van der Waals surface area (Å²) >= 11 is 0. The van der Waals surface area contributed by atoms with Crippen molar-refractivity contribution < 1.29 is 4.92 Å². The van der Waals surface area contributed by atoms with Crippen molar-refractivity contribution >= 4 is 19.8 Å². The van der Waals surface area contributed by atoms with Crippen LogP contribution >= 0.6 is 7.14 Å². The number of nitrogens with zero attached hydrogens (tertiary/aromatic N) is 1. The van der Waals surface area contributed by atoms with Crippen molar-refractivity contribution in [3.8, 4) is 0 Å². The molecule has 0 amide bonds. The van der Waals surface area contributed by atoms with Gasteiger partial charge in [0.1, 0.15) is 0 Å². The number of non-ortho nitro benzene ring substituents is 1. The van der Waals surface area contributed by atoms with Gasteiger partial charge in [-0.15, -0.1) is 0 Å². The van der Waals surface area contributed by atoms with E-state index in [2.05, 4.69) is 58.1 Å². The van der Waals surface area contributed by atoms with Gasteiger partial charge in [-0.2, -0.15) is 0 Å². The summed E-state index contributed by atoms with van der Waals surface area (Å²) in [5, 5.41) is 11.1. The van der Waals surface area contributed by atoms with Crippen LogP contribution in [0.5, 0.6) is 0 Å². The largest absolute Gasteiger partial charge is 0.370 e. The summed E-state index contributed by atoms with van der Waals surface area (Å²) in [5.41, 5.74) is 2.62. The van der Waals surface area contributed by atoms with Crippen LogP contribution in [-0.2, 0) is 0 Å². The van der Waals surface area contributed by atoms with Gasteiger partial charge in [-0.05, 0) is 37.5 Å². The van der Waals surface area contributed by atoms with Crippen LogP contribution in [0.2, 0.25) is 0 Å². The summed E-state index contributed by atoms with van der Waals surface area (Å²) in [7, 11) is -1.22. The lowest BCUT2D eigenvalue weighted by Gasteiger charge is -2.31. The molecule has 0 saturated heterocycles. The highest BCUT2D eigenvalue weighted by Gasteiger charge is 2.41. The van der Waals surface area contributed by atoms with Gasteiger partial charge in [0.05, 0.1) is 4.92 Å². The highest BCUT2D eigenvalue weighted by Crippen LogP contribution is 2.61. The van der Waals surface area contributed by atoms with Gasteiger partial charge >= 0.3 is 7.00 Å². The van der Waals surface area contributed by atoms with E-state index >= 15 is 0 Å². The first kappa shape index (κ1) is 24.6. The molecule has 0 aliphatic rings. The molecule has 3 nitrogen and oxygen atoms in total. The van der Waals surface area contributed by atoms with Crippen LogP contribution in [-0.4, -0.2) is 30.4 Å². The first-order chi connectivity index (χ1) is 14.5. The number of hydrogen-bond acceptors (Lipinski definition) is 2. The zero-order valence-electron chi connectivity index (χ0n) is 18.9. The molecule has 30 heavy (non-hydrogen) atoms.